The predicted octanol–water partition coefficient (Wildman–Crippen LogP) is 0.600. The zero-order chi connectivity index (χ0) is 10.6. The average molecular weight is 227 g/mol. The second-order valence-corrected chi connectivity index (χ2v) is 4.44. The topological polar surface area (TPSA) is 37.4 Å². The van der Waals surface area contributed by atoms with Crippen molar-refractivity contribution in [2.24, 2.45) is 5.41 Å². The highest BCUT2D eigenvalue weighted by Crippen LogP contribution is 2.20. The third-order valence-electron chi connectivity index (χ3n) is 1.62. The van der Waals surface area contributed by atoms with Crippen LogP contribution in [0.5, 0.6) is 5.75 Å². The van der Waals surface area contributed by atoms with Gasteiger partial charge in [-0.05, 0) is 17.5 Å². The lowest BCUT2D eigenvalue weighted by Crippen LogP contribution is -3.00. The molecule has 4 heteroatoms. The number of ether oxygens (including phenoxy) is 1. The highest BCUT2D eigenvalue weighted by molar-refractivity contribution is 5.46. The molecule has 1 aromatic rings. The number of hydrogen-bond acceptors (Lipinski definition) is 2. The maximum atomic E-state index is 8.47. The number of nitrogens with zero attached hydrogens (tertiary/aromatic N) is 2. The summed E-state index contributed by atoms with van der Waals surface area (Å²) in [6, 6.07) is 7.00. The van der Waals surface area contributed by atoms with Crippen molar-refractivity contribution >= 4 is 5.69 Å². The van der Waals surface area contributed by atoms with Crippen LogP contribution < -0.4 is 17.1 Å². The first kappa shape index (κ1) is 13.7. The molecule has 0 saturated carbocycles. The van der Waals surface area contributed by atoms with E-state index in [1.54, 1.807) is 24.3 Å². The average Bonchev–Trinajstić information content (AvgIpc) is 2.14. The van der Waals surface area contributed by atoms with Gasteiger partial charge in [0, 0.05) is 12.1 Å². The molecule has 15 heavy (non-hydrogen) atoms. The first-order valence-electron chi connectivity index (χ1n) is 4.59. The number of halogens is 1. The number of rotatable bonds is 2. The molecule has 0 N–H and O–H groups in total. The Labute approximate surface area is 96.5 Å². The molecule has 0 spiro atoms. The highest BCUT2D eigenvalue weighted by Gasteiger charge is 2.11. The highest BCUT2D eigenvalue weighted by atomic mass is 35.5. The molecule has 1 aromatic carbocycles. The van der Waals surface area contributed by atoms with Crippen LogP contribution in [0, 0.1) is 10.8 Å². The Morgan fingerprint density at radius 3 is 2.13 bits per heavy atom. The second kappa shape index (κ2) is 5.57. The van der Waals surface area contributed by atoms with Gasteiger partial charge in [-0.15, -0.1) is 0 Å². The van der Waals surface area contributed by atoms with E-state index >= 15 is 0 Å². The lowest BCUT2D eigenvalue weighted by Gasteiger charge is -2.18. The molecule has 82 valence electrons. The number of hydrogen-bond donors (Lipinski definition) is 0. The zero-order valence-corrected chi connectivity index (χ0v) is 9.95. The zero-order valence-electron chi connectivity index (χ0n) is 9.20. The van der Waals surface area contributed by atoms with Crippen molar-refractivity contribution in [3.05, 3.63) is 29.2 Å². The van der Waals surface area contributed by atoms with Crippen LogP contribution in [0.1, 0.15) is 20.8 Å². The van der Waals surface area contributed by atoms with E-state index in [2.05, 4.69) is 25.7 Å². The van der Waals surface area contributed by atoms with Gasteiger partial charge in [0.25, 0.3) is 0 Å². The van der Waals surface area contributed by atoms with Gasteiger partial charge in [0.15, 0.2) is 4.98 Å². The van der Waals surface area contributed by atoms with Crippen molar-refractivity contribution in [2.75, 3.05) is 6.61 Å². The van der Waals surface area contributed by atoms with Crippen LogP contribution in [0.3, 0.4) is 0 Å². The summed E-state index contributed by atoms with van der Waals surface area (Å²) in [4.78, 5) is 3.06. The molecule has 0 aliphatic heterocycles. The molecule has 0 fully saturated rings. The van der Waals surface area contributed by atoms with Gasteiger partial charge in [0.05, 0.1) is 6.61 Å². The van der Waals surface area contributed by atoms with E-state index in [1.165, 1.54) is 0 Å². The van der Waals surface area contributed by atoms with E-state index < -0.39 is 0 Å². The Bertz CT molecular complexity index is 335. The summed E-state index contributed by atoms with van der Waals surface area (Å²) in [5, 5.41) is 8.47. The van der Waals surface area contributed by atoms with E-state index in [-0.39, 0.29) is 17.8 Å². The van der Waals surface area contributed by atoms with Crippen LogP contribution in [0.25, 0.3) is 4.98 Å². The van der Waals surface area contributed by atoms with E-state index in [4.69, 9.17) is 10.1 Å². The summed E-state index contributed by atoms with van der Waals surface area (Å²) < 4.78 is 5.55. The summed E-state index contributed by atoms with van der Waals surface area (Å²) in [5.74, 6) is 0.798. The van der Waals surface area contributed by atoms with E-state index in [0.717, 1.165) is 5.75 Å². The van der Waals surface area contributed by atoms with Crippen molar-refractivity contribution in [1.29, 1.82) is 5.39 Å². The molecular formula is C11H15ClN2O. The quantitative estimate of drug-likeness (QED) is 0.693. The molecule has 0 aliphatic carbocycles. The third kappa shape index (κ3) is 5.24. The van der Waals surface area contributed by atoms with Crippen molar-refractivity contribution in [2.45, 2.75) is 20.8 Å². The maximum absolute atomic E-state index is 8.47. The molecule has 0 unspecified atom stereocenters. The molecule has 3 nitrogen and oxygen atoms in total. The van der Waals surface area contributed by atoms with Crippen LogP contribution in [0.4, 0.5) is 5.69 Å². The fraction of sp³-hybridized carbons (Fsp3) is 0.455. The Balaban J connectivity index is 0.00000196. The first-order chi connectivity index (χ1) is 6.51. The smallest absolute Gasteiger partial charge is 0.385 e. The summed E-state index contributed by atoms with van der Waals surface area (Å²) in [6.45, 7) is 7.02. The van der Waals surface area contributed by atoms with Crippen LogP contribution in [-0.4, -0.2) is 6.61 Å². The fourth-order valence-electron chi connectivity index (χ4n) is 0.909. The normalized spacial score (nSPS) is 10.0. The molecule has 0 radical (unpaired) electrons. The maximum Gasteiger partial charge on any atom is 0.385 e. The van der Waals surface area contributed by atoms with Gasteiger partial charge in [-0.1, -0.05) is 20.8 Å². The molecule has 0 heterocycles. The van der Waals surface area contributed by atoms with Crippen molar-refractivity contribution in [3.8, 4) is 5.75 Å². The van der Waals surface area contributed by atoms with E-state index in [0.29, 0.717) is 12.3 Å². The Kier molecular flexibility index (Phi) is 5.10. The molecule has 0 bridgehead atoms. The largest absolute Gasteiger partial charge is 1.00 e. The van der Waals surface area contributed by atoms with Gasteiger partial charge in [-0.2, -0.15) is 0 Å². The molecule has 0 atom stereocenters. The summed E-state index contributed by atoms with van der Waals surface area (Å²) in [5.41, 5.74) is 0.688. The molecule has 1 rings (SSSR count). The predicted molar refractivity (Wildman–Crippen MR) is 56.1 cm³/mol. The van der Waals surface area contributed by atoms with Crippen molar-refractivity contribution < 1.29 is 17.1 Å². The van der Waals surface area contributed by atoms with Gasteiger partial charge in [0.2, 0.25) is 5.39 Å². The van der Waals surface area contributed by atoms with Gasteiger partial charge < -0.3 is 17.1 Å². The van der Waals surface area contributed by atoms with Crippen LogP contribution in [-0.2, 0) is 0 Å². The van der Waals surface area contributed by atoms with Gasteiger partial charge in [-0.3, -0.25) is 0 Å². The lowest BCUT2D eigenvalue weighted by atomic mass is 9.99. The Morgan fingerprint density at radius 2 is 1.73 bits per heavy atom. The minimum absolute atomic E-state index is 0. The fourth-order valence-corrected chi connectivity index (χ4v) is 0.909. The monoisotopic (exact) mass is 226 g/mol. The molecular weight excluding hydrogens is 212 g/mol. The summed E-state index contributed by atoms with van der Waals surface area (Å²) in [6.07, 6.45) is 0. The molecule has 0 aliphatic rings. The summed E-state index contributed by atoms with van der Waals surface area (Å²) in [7, 11) is 0. The molecule has 0 aromatic heterocycles. The van der Waals surface area contributed by atoms with E-state index in [1.807, 2.05) is 0 Å². The van der Waals surface area contributed by atoms with Gasteiger partial charge in [0.1, 0.15) is 5.75 Å². The summed E-state index contributed by atoms with van der Waals surface area (Å²) >= 11 is 0. The Morgan fingerprint density at radius 1 is 1.20 bits per heavy atom. The minimum Gasteiger partial charge on any atom is -1.00 e. The standard InChI is InChI=1S/C11H15N2O.ClH/c1-11(2,3)8-14-10-6-4-9(13-12)5-7-10;/h4-7H,8H2,1-3H3;1H/q+1;/p-1. The van der Waals surface area contributed by atoms with E-state index in [9.17, 15) is 0 Å². The second-order valence-electron chi connectivity index (χ2n) is 4.44. The lowest BCUT2D eigenvalue weighted by molar-refractivity contribution is -0.00000388. The van der Waals surface area contributed by atoms with Gasteiger partial charge >= 0.3 is 5.69 Å². The Hall–Kier alpha value is -1.27. The molecule has 0 saturated heterocycles. The van der Waals surface area contributed by atoms with Crippen LogP contribution in [0.15, 0.2) is 24.3 Å². The molecule has 0 amide bonds. The number of benzene rings is 1. The number of diazo groups is 1. The van der Waals surface area contributed by atoms with Crippen molar-refractivity contribution in [3.63, 3.8) is 0 Å². The van der Waals surface area contributed by atoms with Crippen LogP contribution >= 0.6 is 0 Å². The van der Waals surface area contributed by atoms with Gasteiger partial charge in [-0.25, -0.2) is 0 Å². The SMILES string of the molecule is CC(C)(C)COc1ccc([N+]#N)cc1.[Cl-]. The minimum atomic E-state index is 0. The first-order valence-corrected chi connectivity index (χ1v) is 4.59. The third-order valence-corrected chi connectivity index (χ3v) is 1.62. The van der Waals surface area contributed by atoms with Crippen molar-refractivity contribution in [1.82, 2.24) is 0 Å². The van der Waals surface area contributed by atoms with Crippen LogP contribution in [0.2, 0.25) is 0 Å².